The van der Waals surface area contributed by atoms with E-state index in [4.69, 9.17) is 5.84 Å². The number of hydrogen-bond acceptors (Lipinski definition) is 6. The Morgan fingerprint density at radius 2 is 2.28 bits per heavy atom. The summed E-state index contributed by atoms with van der Waals surface area (Å²) in [5.74, 6) is 7.06. The molecule has 6 nitrogen and oxygen atoms in total. The second kappa shape index (κ2) is 6.03. The van der Waals surface area contributed by atoms with Crippen molar-refractivity contribution in [1.82, 2.24) is 25.2 Å². The summed E-state index contributed by atoms with van der Waals surface area (Å²) in [7, 11) is 0. The largest absolute Gasteiger partial charge is 0.271 e. The van der Waals surface area contributed by atoms with E-state index >= 15 is 0 Å². The SMILES string of the molecule is CC(C)Cn1ncnc1CC(NN)c1cscn1. The molecule has 2 aromatic heterocycles. The maximum atomic E-state index is 5.59. The quantitative estimate of drug-likeness (QED) is 0.605. The summed E-state index contributed by atoms with van der Waals surface area (Å²) < 4.78 is 1.93. The van der Waals surface area contributed by atoms with Crippen LogP contribution < -0.4 is 11.3 Å². The number of thiazole rings is 1. The summed E-state index contributed by atoms with van der Waals surface area (Å²) in [6.45, 7) is 5.18. The molecule has 0 bridgehead atoms. The van der Waals surface area contributed by atoms with Crippen molar-refractivity contribution < 1.29 is 0 Å². The van der Waals surface area contributed by atoms with Gasteiger partial charge in [-0.05, 0) is 5.92 Å². The summed E-state index contributed by atoms with van der Waals surface area (Å²) in [5, 5.41) is 6.24. The Hall–Kier alpha value is -1.31. The lowest BCUT2D eigenvalue weighted by atomic mass is 10.1. The zero-order chi connectivity index (χ0) is 13.0. The Kier molecular flexibility index (Phi) is 4.40. The van der Waals surface area contributed by atoms with Crippen molar-refractivity contribution in [3.63, 3.8) is 0 Å². The molecule has 0 fully saturated rings. The van der Waals surface area contributed by atoms with E-state index in [0.717, 1.165) is 18.1 Å². The minimum Gasteiger partial charge on any atom is -0.271 e. The first kappa shape index (κ1) is 13.1. The highest BCUT2D eigenvalue weighted by atomic mass is 32.1. The van der Waals surface area contributed by atoms with Gasteiger partial charge < -0.3 is 0 Å². The Morgan fingerprint density at radius 3 is 2.89 bits per heavy atom. The zero-order valence-corrected chi connectivity index (χ0v) is 11.4. The summed E-state index contributed by atoms with van der Waals surface area (Å²) in [4.78, 5) is 8.58. The summed E-state index contributed by atoms with van der Waals surface area (Å²) in [5.41, 5.74) is 5.54. The average molecular weight is 266 g/mol. The molecule has 0 aliphatic rings. The van der Waals surface area contributed by atoms with Gasteiger partial charge in [-0.25, -0.2) is 14.6 Å². The fourth-order valence-electron chi connectivity index (χ4n) is 1.77. The number of nitrogens with one attached hydrogen (secondary N) is 1. The van der Waals surface area contributed by atoms with E-state index in [1.165, 1.54) is 0 Å². The van der Waals surface area contributed by atoms with Crippen molar-refractivity contribution in [2.45, 2.75) is 32.9 Å². The van der Waals surface area contributed by atoms with Crippen molar-refractivity contribution >= 4 is 11.3 Å². The summed E-state index contributed by atoms with van der Waals surface area (Å²) in [6, 6.07) is -0.0219. The Labute approximate surface area is 110 Å². The lowest BCUT2D eigenvalue weighted by Crippen LogP contribution is -2.30. The van der Waals surface area contributed by atoms with Gasteiger partial charge >= 0.3 is 0 Å². The van der Waals surface area contributed by atoms with Crippen molar-refractivity contribution in [3.05, 3.63) is 28.7 Å². The highest BCUT2D eigenvalue weighted by molar-refractivity contribution is 7.07. The van der Waals surface area contributed by atoms with Crippen LogP contribution >= 0.6 is 11.3 Å². The molecule has 18 heavy (non-hydrogen) atoms. The van der Waals surface area contributed by atoms with E-state index in [1.54, 1.807) is 23.2 Å². The molecule has 1 unspecified atom stereocenters. The third-order valence-corrected chi connectivity index (χ3v) is 3.23. The molecule has 2 aromatic rings. The molecule has 98 valence electrons. The van der Waals surface area contributed by atoms with Crippen LogP contribution in [0.2, 0.25) is 0 Å². The van der Waals surface area contributed by atoms with E-state index in [-0.39, 0.29) is 6.04 Å². The first-order chi connectivity index (χ1) is 8.70. The fourth-order valence-corrected chi connectivity index (χ4v) is 2.38. The van der Waals surface area contributed by atoms with Crippen LogP contribution in [0.5, 0.6) is 0 Å². The second-order valence-electron chi connectivity index (χ2n) is 4.59. The lowest BCUT2D eigenvalue weighted by Gasteiger charge is -2.14. The first-order valence-electron chi connectivity index (χ1n) is 5.91. The molecule has 2 heterocycles. The van der Waals surface area contributed by atoms with Crippen molar-refractivity contribution in [1.29, 1.82) is 0 Å². The highest BCUT2D eigenvalue weighted by Gasteiger charge is 2.16. The van der Waals surface area contributed by atoms with E-state index in [2.05, 4.69) is 34.3 Å². The highest BCUT2D eigenvalue weighted by Crippen LogP contribution is 2.16. The molecule has 7 heteroatoms. The third-order valence-electron chi connectivity index (χ3n) is 2.63. The number of hydrazine groups is 1. The van der Waals surface area contributed by atoms with Gasteiger partial charge in [0.25, 0.3) is 0 Å². The molecule has 3 N–H and O–H groups in total. The minimum atomic E-state index is -0.0219. The normalized spacial score (nSPS) is 13.1. The van der Waals surface area contributed by atoms with Gasteiger partial charge in [0, 0.05) is 18.3 Å². The maximum Gasteiger partial charge on any atom is 0.138 e. The summed E-state index contributed by atoms with van der Waals surface area (Å²) >= 11 is 1.56. The number of aromatic nitrogens is 4. The first-order valence-corrected chi connectivity index (χ1v) is 6.86. The van der Waals surface area contributed by atoms with Crippen LogP contribution in [0.25, 0.3) is 0 Å². The Bertz CT molecular complexity index is 464. The van der Waals surface area contributed by atoms with E-state index in [1.807, 2.05) is 10.1 Å². The van der Waals surface area contributed by atoms with Gasteiger partial charge in [-0.15, -0.1) is 11.3 Å². The van der Waals surface area contributed by atoms with E-state index in [9.17, 15) is 0 Å². The van der Waals surface area contributed by atoms with Gasteiger partial charge in [-0.2, -0.15) is 5.10 Å². The predicted octanol–water partition coefficient (Wildman–Crippen LogP) is 1.14. The van der Waals surface area contributed by atoms with Crippen LogP contribution in [0, 0.1) is 5.92 Å². The monoisotopic (exact) mass is 266 g/mol. The van der Waals surface area contributed by atoms with Crippen LogP contribution in [0.4, 0.5) is 0 Å². The molecule has 0 amide bonds. The molecule has 0 radical (unpaired) electrons. The number of nitrogens with zero attached hydrogens (tertiary/aromatic N) is 4. The number of hydrogen-bond donors (Lipinski definition) is 2. The van der Waals surface area contributed by atoms with E-state index < -0.39 is 0 Å². The second-order valence-corrected chi connectivity index (χ2v) is 5.31. The Morgan fingerprint density at radius 1 is 1.44 bits per heavy atom. The molecule has 0 aromatic carbocycles. The van der Waals surface area contributed by atoms with Gasteiger partial charge in [-0.1, -0.05) is 13.8 Å². The zero-order valence-electron chi connectivity index (χ0n) is 10.6. The molecule has 0 spiro atoms. The molecule has 1 atom stereocenters. The molecule has 0 aliphatic carbocycles. The lowest BCUT2D eigenvalue weighted by molar-refractivity contribution is 0.444. The van der Waals surface area contributed by atoms with Gasteiger partial charge in [0.2, 0.25) is 0 Å². The fraction of sp³-hybridized carbons (Fsp3) is 0.545. The maximum absolute atomic E-state index is 5.59. The topological polar surface area (TPSA) is 81.7 Å². The average Bonchev–Trinajstić information content (AvgIpc) is 2.96. The molecule has 0 aliphatic heterocycles. The molecular formula is C11H18N6S. The smallest absolute Gasteiger partial charge is 0.138 e. The number of nitrogens with two attached hydrogens (primary N) is 1. The van der Waals surface area contributed by atoms with Crippen LogP contribution in [0.15, 0.2) is 17.2 Å². The molecule has 0 saturated carbocycles. The van der Waals surface area contributed by atoms with Gasteiger partial charge in [-0.3, -0.25) is 11.3 Å². The Balaban J connectivity index is 2.10. The van der Waals surface area contributed by atoms with Gasteiger partial charge in [0.15, 0.2) is 0 Å². The van der Waals surface area contributed by atoms with Crippen LogP contribution in [-0.4, -0.2) is 19.7 Å². The molecular weight excluding hydrogens is 248 g/mol. The summed E-state index contributed by atoms with van der Waals surface area (Å²) in [6.07, 6.45) is 2.28. The van der Waals surface area contributed by atoms with Gasteiger partial charge in [0.05, 0.1) is 17.2 Å². The van der Waals surface area contributed by atoms with Crippen molar-refractivity contribution in [2.75, 3.05) is 0 Å². The van der Waals surface area contributed by atoms with Crippen molar-refractivity contribution in [2.24, 2.45) is 11.8 Å². The molecule has 2 rings (SSSR count). The van der Waals surface area contributed by atoms with Crippen LogP contribution in [0.3, 0.4) is 0 Å². The predicted molar refractivity (Wildman–Crippen MR) is 70.7 cm³/mol. The van der Waals surface area contributed by atoms with Crippen LogP contribution in [-0.2, 0) is 13.0 Å². The van der Waals surface area contributed by atoms with Gasteiger partial charge in [0.1, 0.15) is 12.2 Å². The van der Waals surface area contributed by atoms with Crippen molar-refractivity contribution in [3.8, 4) is 0 Å². The minimum absolute atomic E-state index is 0.0219. The molecule has 0 saturated heterocycles. The van der Waals surface area contributed by atoms with Crippen LogP contribution in [0.1, 0.15) is 31.4 Å². The standard InChI is InChI=1S/C11H18N6S/c1-8(2)4-17-11(13-6-15-17)3-9(16-12)10-5-18-7-14-10/h5-9,16H,3-4,12H2,1-2H3. The third kappa shape index (κ3) is 3.12. The number of rotatable bonds is 6. The van der Waals surface area contributed by atoms with E-state index in [0.29, 0.717) is 12.3 Å².